The highest BCUT2D eigenvalue weighted by Gasteiger charge is 2.09. The lowest BCUT2D eigenvalue weighted by Gasteiger charge is -2.11. The van der Waals surface area contributed by atoms with Crippen LogP contribution in [-0.2, 0) is 6.61 Å². The molecule has 106 valence electrons. The summed E-state index contributed by atoms with van der Waals surface area (Å²) in [6.07, 6.45) is 0. The van der Waals surface area contributed by atoms with E-state index in [9.17, 15) is 4.39 Å². The van der Waals surface area contributed by atoms with E-state index in [1.807, 2.05) is 18.2 Å². The van der Waals surface area contributed by atoms with Crippen molar-refractivity contribution < 1.29 is 13.9 Å². The maximum absolute atomic E-state index is 13.4. The van der Waals surface area contributed by atoms with Crippen molar-refractivity contribution in [2.45, 2.75) is 6.61 Å². The lowest BCUT2D eigenvalue weighted by Crippen LogP contribution is -1.98. The fourth-order valence-electron chi connectivity index (χ4n) is 1.56. The molecule has 0 amide bonds. The Kier molecular flexibility index (Phi) is 5.29. The van der Waals surface area contributed by atoms with E-state index in [4.69, 9.17) is 21.1 Å². The number of rotatable bonds is 4. The molecule has 0 heterocycles. The summed E-state index contributed by atoms with van der Waals surface area (Å²) in [5, 5.41) is 0.0479. The first-order valence-electron chi connectivity index (χ1n) is 5.61. The van der Waals surface area contributed by atoms with Gasteiger partial charge in [0.1, 0.15) is 23.9 Å². The molecule has 0 radical (unpaired) electrons. The maximum Gasteiger partial charge on any atom is 0.145 e. The zero-order valence-corrected chi connectivity index (χ0v) is 14.4. The Morgan fingerprint density at radius 1 is 1.15 bits per heavy atom. The Morgan fingerprint density at radius 3 is 2.60 bits per heavy atom. The average Bonchev–Trinajstić information content (AvgIpc) is 2.43. The molecule has 0 aliphatic carbocycles. The standard InChI is InChI=1S/C14H10Br2ClFO2/c1-19-9-2-3-10(15)8(4-9)7-20-14-6-13(18)12(17)5-11(14)16/h2-6H,7H2,1H3. The van der Waals surface area contributed by atoms with E-state index in [2.05, 4.69) is 31.9 Å². The molecule has 0 saturated carbocycles. The molecule has 2 nitrogen and oxygen atoms in total. The van der Waals surface area contributed by atoms with Crippen molar-refractivity contribution in [3.05, 3.63) is 55.7 Å². The van der Waals surface area contributed by atoms with Crippen LogP contribution >= 0.6 is 43.5 Å². The van der Waals surface area contributed by atoms with Gasteiger partial charge in [-0.15, -0.1) is 0 Å². The van der Waals surface area contributed by atoms with E-state index in [-0.39, 0.29) is 11.6 Å². The number of halogens is 4. The fraction of sp³-hybridized carbons (Fsp3) is 0.143. The van der Waals surface area contributed by atoms with Crippen molar-refractivity contribution in [3.63, 3.8) is 0 Å². The third kappa shape index (κ3) is 3.65. The molecule has 0 fully saturated rings. The second-order valence-electron chi connectivity index (χ2n) is 3.94. The van der Waals surface area contributed by atoms with Gasteiger partial charge in [0.05, 0.1) is 16.6 Å². The lowest BCUT2D eigenvalue weighted by molar-refractivity contribution is 0.301. The summed E-state index contributed by atoms with van der Waals surface area (Å²) >= 11 is 12.4. The van der Waals surface area contributed by atoms with Gasteiger partial charge in [-0.25, -0.2) is 4.39 Å². The molecule has 6 heteroatoms. The number of benzene rings is 2. The fourth-order valence-corrected chi connectivity index (χ4v) is 2.67. The van der Waals surface area contributed by atoms with Crippen LogP contribution in [0.5, 0.6) is 11.5 Å². The molecule has 2 aromatic rings. The van der Waals surface area contributed by atoms with Crippen LogP contribution in [0.15, 0.2) is 39.3 Å². The van der Waals surface area contributed by atoms with Gasteiger partial charge >= 0.3 is 0 Å². The quantitative estimate of drug-likeness (QED) is 0.596. The van der Waals surface area contributed by atoms with Crippen LogP contribution in [-0.4, -0.2) is 7.11 Å². The van der Waals surface area contributed by atoms with Gasteiger partial charge in [0.2, 0.25) is 0 Å². The summed E-state index contributed by atoms with van der Waals surface area (Å²) in [4.78, 5) is 0. The Hall–Kier alpha value is -0.780. The summed E-state index contributed by atoms with van der Waals surface area (Å²) in [5.41, 5.74) is 0.895. The van der Waals surface area contributed by atoms with Crippen molar-refractivity contribution >= 4 is 43.5 Å². The Balaban J connectivity index is 2.18. The van der Waals surface area contributed by atoms with Crippen molar-refractivity contribution in [2.75, 3.05) is 7.11 Å². The number of methoxy groups -OCH3 is 1. The normalized spacial score (nSPS) is 10.4. The number of hydrogen-bond donors (Lipinski definition) is 0. The largest absolute Gasteiger partial charge is 0.497 e. The first kappa shape index (κ1) is 15.6. The second kappa shape index (κ2) is 6.78. The minimum atomic E-state index is -0.519. The molecule has 0 atom stereocenters. The Bertz CT molecular complexity index is 635. The maximum atomic E-state index is 13.4. The summed E-state index contributed by atoms with van der Waals surface area (Å²) in [6, 6.07) is 8.28. The molecule has 2 rings (SSSR count). The van der Waals surface area contributed by atoms with Crippen molar-refractivity contribution in [3.8, 4) is 11.5 Å². The zero-order chi connectivity index (χ0) is 14.7. The van der Waals surface area contributed by atoms with E-state index < -0.39 is 5.82 Å². The Morgan fingerprint density at radius 2 is 1.90 bits per heavy atom. The molecule has 0 aliphatic heterocycles. The summed E-state index contributed by atoms with van der Waals surface area (Å²) in [7, 11) is 1.60. The van der Waals surface area contributed by atoms with Gasteiger partial charge in [-0.05, 0) is 40.2 Å². The van der Waals surface area contributed by atoms with Crippen LogP contribution in [0.25, 0.3) is 0 Å². The highest BCUT2D eigenvalue weighted by Crippen LogP contribution is 2.32. The van der Waals surface area contributed by atoms with Gasteiger partial charge in [-0.2, -0.15) is 0 Å². The molecule has 0 aliphatic rings. The minimum Gasteiger partial charge on any atom is -0.497 e. The smallest absolute Gasteiger partial charge is 0.145 e. The molecular formula is C14H10Br2ClFO2. The van der Waals surface area contributed by atoms with Crippen LogP contribution in [0, 0.1) is 5.82 Å². The van der Waals surface area contributed by atoms with E-state index in [1.165, 1.54) is 12.1 Å². The van der Waals surface area contributed by atoms with E-state index in [0.717, 1.165) is 15.8 Å². The van der Waals surface area contributed by atoms with Crippen LogP contribution in [0.3, 0.4) is 0 Å². The molecule has 0 saturated heterocycles. The van der Waals surface area contributed by atoms with Gasteiger partial charge in [-0.3, -0.25) is 0 Å². The molecule has 0 spiro atoms. The molecule has 0 unspecified atom stereocenters. The molecule has 2 aromatic carbocycles. The monoisotopic (exact) mass is 422 g/mol. The topological polar surface area (TPSA) is 18.5 Å². The SMILES string of the molecule is COc1ccc(Br)c(COc2cc(F)c(Cl)cc2Br)c1. The molecule has 0 aromatic heterocycles. The van der Waals surface area contributed by atoms with Crippen molar-refractivity contribution in [2.24, 2.45) is 0 Å². The highest BCUT2D eigenvalue weighted by molar-refractivity contribution is 9.10. The van der Waals surface area contributed by atoms with Gasteiger partial charge in [0.15, 0.2) is 0 Å². The number of ether oxygens (including phenoxy) is 2. The third-order valence-electron chi connectivity index (χ3n) is 2.61. The zero-order valence-electron chi connectivity index (χ0n) is 10.4. The van der Waals surface area contributed by atoms with Gasteiger partial charge in [0.25, 0.3) is 0 Å². The number of hydrogen-bond acceptors (Lipinski definition) is 2. The van der Waals surface area contributed by atoms with Crippen molar-refractivity contribution in [1.29, 1.82) is 0 Å². The molecule has 0 bridgehead atoms. The first-order valence-corrected chi connectivity index (χ1v) is 7.57. The van der Waals surface area contributed by atoms with Crippen LogP contribution in [0.4, 0.5) is 4.39 Å². The summed E-state index contributed by atoms with van der Waals surface area (Å²) in [6.45, 7) is 0.275. The molecule has 20 heavy (non-hydrogen) atoms. The Labute approximate surface area is 138 Å². The molecular weight excluding hydrogens is 414 g/mol. The summed E-state index contributed by atoms with van der Waals surface area (Å²) < 4.78 is 25.7. The van der Waals surface area contributed by atoms with E-state index >= 15 is 0 Å². The first-order chi connectivity index (χ1) is 9.51. The second-order valence-corrected chi connectivity index (χ2v) is 6.06. The molecule has 0 N–H and O–H groups in total. The van der Waals surface area contributed by atoms with Crippen LogP contribution < -0.4 is 9.47 Å². The van der Waals surface area contributed by atoms with Crippen LogP contribution in [0.2, 0.25) is 5.02 Å². The van der Waals surface area contributed by atoms with E-state index in [1.54, 1.807) is 7.11 Å². The third-order valence-corrected chi connectivity index (χ3v) is 4.29. The predicted octanol–water partition coefficient (Wildman–Crippen LogP) is 5.59. The minimum absolute atomic E-state index is 0.0479. The van der Waals surface area contributed by atoms with Gasteiger partial charge in [0, 0.05) is 16.1 Å². The van der Waals surface area contributed by atoms with Crippen molar-refractivity contribution in [1.82, 2.24) is 0 Å². The predicted molar refractivity (Wildman–Crippen MR) is 84.1 cm³/mol. The lowest BCUT2D eigenvalue weighted by atomic mass is 10.2. The van der Waals surface area contributed by atoms with Gasteiger partial charge < -0.3 is 9.47 Å². The van der Waals surface area contributed by atoms with Gasteiger partial charge in [-0.1, -0.05) is 27.5 Å². The summed E-state index contributed by atoms with van der Waals surface area (Å²) in [5.74, 6) is 0.601. The highest BCUT2D eigenvalue weighted by atomic mass is 79.9. The average molecular weight is 424 g/mol. The van der Waals surface area contributed by atoms with E-state index in [0.29, 0.717) is 10.2 Å². The van der Waals surface area contributed by atoms with Crippen LogP contribution in [0.1, 0.15) is 5.56 Å².